The molecule has 0 saturated carbocycles. The lowest BCUT2D eigenvalue weighted by Gasteiger charge is -2.47. The van der Waals surface area contributed by atoms with Gasteiger partial charge in [0, 0.05) is 23.5 Å². The quantitative estimate of drug-likeness (QED) is 0.930. The number of benzene rings is 1. The Morgan fingerprint density at radius 3 is 2.65 bits per heavy atom. The van der Waals surface area contributed by atoms with E-state index in [1.54, 1.807) is 0 Å². The van der Waals surface area contributed by atoms with E-state index in [-0.39, 0.29) is 11.3 Å². The Labute approximate surface area is 125 Å². The van der Waals surface area contributed by atoms with Crippen LogP contribution in [0.1, 0.15) is 17.5 Å². The first-order valence-electron chi connectivity index (χ1n) is 7.06. The van der Waals surface area contributed by atoms with Crippen molar-refractivity contribution < 1.29 is 8.42 Å². The predicted molar refractivity (Wildman–Crippen MR) is 82.0 cm³/mol. The van der Waals surface area contributed by atoms with Gasteiger partial charge in [-0.25, -0.2) is 8.42 Å². The third-order valence-electron chi connectivity index (χ3n) is 4.80. The van der Waals surface area contributed by atoms with Crippen LogP contribution in [-0.2, 0) is 16.3 Å². The van der Waals surface area contributed by atoms with Crippen LogP contribution in [0.25, 0.3) is 0 Å². The standard InChI is InChI=1S/C15H20ClNO2S/c1-11-2-3-12(14(16)6-11)7-15(9-17-10-15)13-4-5-20(18,19)8-13/h2-3,6,13,17H,4-5,7-10H2,1H3. The molecule has 20 heavy (non-hydrogen) atoms. The first-order chi connectivity index (χ1) is 9.40. The minimum Gasteiger partial charge on any atom is -0.315 e. The summed E-state index contributed by atoms with van der Waals surface area (Å²) in [6.45, 7) is 3.83. The Hall–Kier alpha value is -0.580. The van der Waals surface area contributed by atoms with Crippen LogP contribution in [0.15, 0.2) is 18.2 Å². The van der Waals surface area contributed by atoms with Crippen molar-refractivity contribution in [3.8, 4) is 0 Å². The fourth-order valence-electron chi connectivity index (χ4n) is 3.46. The van der Waals surface area contributed by atoms with E-state index in [0.717, 1.165) is 42.1 Å². The van der Waals surface area contributed by atoms with Crippen LogP contribution in [-0.4, -0.2) is 33.0 Å². The second kappa shape index (κ2) is 5.00. The molecule has 2 aliphatic rings. The largest absolute Gasteiger partial charge is 0.315 e. The smallest absolute Gasteiger partial charge is 0.150 e. The fraction of sp³-hybridized carbons (Fsp3) is 0.600. The Kier molecular flexibility index (Phi) is 3.59. The van der Waals surface area contributed by atoms with Crippen LogP contribution in [0, 0.1) is 18.3 Å². The Bertz CT molecular complexity index is 623. The maximum atomic E-state index is 11.7. The molecule has 2 heterocycles. The van der Waals surface area contributed by atoms with Gasteiger partial charge in [-0.15, -0.1) is 0 Å². The normalized spacial score (nSPS) is 27.2. The van der Waals surface area contributed by atoms with E-state index in [2.05, 4.69) is 17.4 Å². The number of hydrogen-bond acceptors (Lipinski definition) is 3. The number of sulfone groups is 1. The highest BCUT2D eigenvalue weighted by Gasteiger charge is 2.48. The topological polar surface area (TPSA) is 46.2 Å². The van der Waals surface area contributed by atoms with Crippen LogP contribution in [0.5, 0.6) is 0 Å². The van der Waals surface area contributed by atoms with E-state index >= 15 is 0 Å². The maximum absolute atomic E-state index is 11.7. The van der Waals surface area contributed by atoms with E-state index in [9.17, 15) is 8.42 Å². The van der Waals surface area contributed by atoms with Gasteiger partial charge in [0.25, 0.3) is 0 Å². The zero-order valence-corrected chi connectivity index (χ0v) is 13.2. The highest BCUT2D eigenvalue weighted by atomic mass is 35.5. The number of nitrogens with one attached hydrogen (secondary N) is 1. The van der Waals surface area contributed by atoms with E-state index in [0.29, 0.717) is 11.5 Å². The zero-order valence-electron chi connectivity index (χ0n) is 11.7. The summed E-state index contributed by atoms with van der Waals surface area (Å²) < 4.78 is 23.5. The zero-order chi connectivity index (χ0) is 14.4. The number of rotatable bonds is 3. The third kappa shape index (κ3) is 2.61. The molecule has 2 aliphatic heterocycles. The Balaban J connectivity index is 1.83. The SMILES string of the molecule is Cc1ccc(CC2(C3CCS(=O)(=O)C3)CNC2)c(Cl)c1. The van der Waals surface area contributed by atoms with Crippen molar-refractivity contribution in [2.75, 3.05) is 24.6 Å². The van der Waals surface area contributed by atoms with Crippen molar-refractivity contribution in [1.82, 2.24) is 5.32 Å². The lowest BCUT2D eigenvalue weighted by molar-refractivity contribution is 0.0925. The van der Waals surface area contributed by atoms with Gasteiger partial charge in [0.1, 0.15) is 0 Å². The molecule has 1 aromatic carbocycles. The van der Waals surface area contributed by atoms with Gasteiger partial charge in [-0.3, -0.25) is 0 Å². The Morgan fingerprint density at radius 2 is 2.15 bits per heavy atom. The summed E-state index contributed by atoms with van der Waals surface area (Å²) in [7, 11) is -2.82. The molecular formula is C15H20ClNO2S. The molecule has 5 heteroatoms. The predicted octanol–water partition coefficient (Wildman–Crippen LogP) is 2.22. The van der Waals surface area contributed by atoms with Gasteiger partial charge in [0.15, 0.2) is 9.84 Å². The van der Waals surface area contributed by atoms with Gasteiger partial charge in [-0.1, -0.05) is 23.7 Å². The first-order valence-corrected chi connectivity index (χ1v) is 9.26. The highest BCUT2D eigenvalue weighted by molar-refractivity contribution is 7.91. The van der Waals surface area contributed by atoms with Gasteiger partial charge >= 0.3 is 0 Å². The molecule has 0 amide bonds. The van der Waals surface area contributed by atoms with E-state index in [4.69, 9.17) is 11.6 Å². The van der Waals surface area contributed by atoms with Gasteiger partial charge in [-0.05, 0) is 42.9 Å². The molecule has 2 fully saturated rings. The molecule has 0 aromatic heterocycles. The fourth-order valence-corrected chi connectivity index (χ4v) is 5.70. The molecule has 0 bridgehead atoms. The van der Waals surface area contributed by atoms with Crippen LogP contribution >= 0.6 is 11.6 Å². The van der Waals surface area contributed by atoms with Crippen molar-refractivity contribution in [2.24, 2.45) is 11.3 Å². The molecule has 0 spiro atoms. The van der Waals surface area contributed by atoms with E-state index < -0.39 is 9.84 Å². The van der Waals surface area contributed by atoms with Crippen molar-refractivity contribution >= 4 is 21.4 Å². The third-order valence-corrected chi connectivity index (χ3v) is 6.92. The van der Waals surface area contributed by atoms with E-state index in [1.807, 2.05) is 13.0 Å². The molecule has 110 valence electrons. The minimum absolute atomic E-state index is 0.0719. The number of aryl methyl sites for hydroxylation is 1. The van der Waals surface area contributed by atoms with Gasteiger partial charge in [-0.2, -0.15) is 0 Å². The van der Waals surface area contributed by atoms with Crippen LogP contribution in [0.4, 0.5) is 0 Å². The molecule has 1 aromatic rings. The van der Waals surface area contributed by atoms with Crippen molar-refractivity contribution in [3.63, 3.8) is 0 Å². The Morgan fingerprint density at radius 1 is 1.40 bits per heavy atom. The summed E-state index contributed by atoms with van der Waals surface area (Å²) in [6.07, 6.45) is 1.67. The second-order valence-electron chi connectivity index (χ2n) is 6.34. The number of halogens is 1. The van der Waals surface area contributed by atoms with Crippen LogP contribution in [0.3, 0.4) is 0 Å². The monoisotopic (exact) mass is 313 g/mol. The molecule has 3 nitrogen and oxygen atoms in total. The first kappa shape index (κ1) is 14.4. The van der Waals surface area contributed by atoms with Gasteiger partial charge in [0.05, 0.1) is 11.5 Å². The average Bonchev–Trinajstić information content (AvgIpc) is 2.67. The number of hydrogen-bond donors (Lipinski definition) is 1. The summed E-state index contributed by atoms with van der Waals surface area (Å²) in [5.74, 6) is 0.963. The lowest BCUT2D eigenvalue weighted by Crippen LogP contribution is -2.59. The summed E-state index contributed by atoms with van der Waals surface area (Å²) in [5, 5.41) is 4.12. The molecule has 1 atom stereocenters. The van der Waals surface area contributed by atoms with Gasteiger partial charge < -0.3 is 5.32 Å². The lowest BCUT2D eigenvalue weighted by atomic mass is 9.66. The summed E-state index contributed by atoms with van der Waals surface area (Å²) in [4.78, 5) is 0. The summed E-state index contributed by atoms with van der Waals surface area (Å²) in [6, 6.07) is 6.15. The highest BCUT2D eigenvalue weighted by Crippen LogP contribution is 2.42. The van der Waals surface area contributed by atoms with Crippen molar-refractivity contribution in [3.05, 3.63) is 34.3 Å². The maximum Gasteiger partial charge on any atom is 0.150 e. The van der Waals surface area contributed by atoms with Crippen LogP contribution < -0.4 is 5.32 Å². The molecular weight excluding hydrogens is 294 g/mol. The van der Waals surface area contributed by atoms with E-state index in [1.165, 1.54) is 0 Å². The molecule has 1 unspecified atom stereocenters. The summed E-state index contributed by atoms with van der Waals surface area (Å²) in [5.41, 5.74) is 2.37. The molecule has 2 saturated heterocycles. The van der Waals surface area contributed by atoms with Crippen molar-refractivity contribution in [1.29, 1.82) is 0 Å². The van der Waals surface area contributed by atoms with Crippen LogP contribution in [0.2, 0.25) is 5.02 Å². The van der Waals surface area contributed by atoms with Gasteiger partial charge in [0.2, 0.25) is 0 Å². The summed E-state index contributed by atoms with van der Waals surface area (Å²) >= 11 is 6.34. The van der Waals surface area contributed by atoms with Crippen molar-refractivity contribution in [2.45, 2.75) is 19.8 Å². The molecule has 1 N–H and O–H groups in total. The average molecular weight is 314 g/mol. The molecule has 0 aliphatic carbocycles. The second-order valence-corrected chi connectivity index (χ2v) is 8.97. The molecule has 3 rings (SSSR count). The minimum atomic E-state index is -2.82. The molecule has 0 radical (unpaired) electrons.